The Labute approximate surface area is 319 Å². The number of rotatable bonds is 6. The summed E-state index contributed by atoms with van der Waals surface area (Å²) in [5.41, 5.74) is 10.5. The summed E-state index contributed by atoms with van der Waals surface area (Å²) in [4.78, 5) is 18.0. The van der Waals surface area contributed by atoms with Crippen LogP contribution in [0.1, 0.15) is 73.8 Å². The Morgan fingerprint density at radius 2 is 1.56 bits per heavy atom. The molecule has 0 spiro atoms. The van der Waals surface area contributed by atoms with Gasteiger partial charge < -0.3 is 28.1 Å². The first-order valence-corrected chi connectivity index (χ1v) is 20.3. The number of methoxy groups -OCH3 is 1. The lowest BCUT2D eigenvalue weighted by molar-refractivity contribution is -0.309. The molecule has 3 saturated heterocycles. The number of fused-ring (bicyclic) bond motifs is 16. The van der Waals surface area contributed by atoms with Crippen molar-refractivity contribution in [1.29, 1.82) is 0 Å². The van der Waals surface area contributed by atoms with E-state index in [1.165, 1.54) is 49.9 Å². The molecule has 54 heavy (non-hydrogen) atoms. The maximum Gasteiger partial charge on any atom is 0.168 e. The lowest BCUT2D eigenvalue weighted by atomic mass is 9.62. The first-order chi connectivity index (χ1) is 26.0. The molecule has 0 radical (unpaired) electrons. The first kappa shape index (κ1) is 34.8. The second-order valence-corrected chi connectivity index (χ2v) is 17.6. The van der Waals surface area contributed by atoms with Crippen LogP contribution in [0.3, 0.4) is 0 Å². The number of aryl methyl sites for hydroxylation is 2. The summed E-state index contributed by atoms with van der Waals surface area (Å²) in [5.74, 6) is 1.89. The molecule has 0 N–H and O–H groups in total. The Bertz CT molecular complexity index is 2220. The number of likely N-dealkylation sites (N-methyl/N-ethyl adjacent to an activating group) is 2. The van der Waals surface area contributed by atoms with Crippen LogP contribution in [0.2, 0.25) is 0 Å². The summed E-state index contributed by atoms with van der Waals surface area (Å²) in [5, 5.41) is 2.74. The zero-order chi connectivity index (χ0) is 37.4. The van der Waals surface area contributed by atoms with Gasteiger partial charge in [-0.2, -0.15) is 0 Å². The molecule has 0 saturated carbocycles. The minimum atomic E-state index is -0.699. The number of Topliss-reactive ketones (excluding diaryl/α,β-unsaturated/α-hetero) is 1. The van der Waals surface area contributed by atoms with Gasteiger partial charge in [0.25, 0.3) is 0 Å². The van der Waals surface area contributed by atoms with Crippen LogP contribution < -0.4 is 4.74 Å². The molecule has 2 aromatic heterocycles. The van der Waals surface area contributed by atoms with Crippen LogP contribution in [0.25, 0.3) is 21.8 Å². The zero-order valence-corrected chi connectivity index (χ0v) is 33.2. The van der Waals surface area contributed by atoms with Gasteiger partial charge in [-0.3, -0.25) is 14.6 Å². The largest absolute Gasteiger partial charge is 0.500 e. The van der Waals surface area contributed by atoms with Crippen LogP contribution in [0, 0.1) is 29.6 Å². The number of hydrogen-bond donors (Lipinski definition) is 0. The van der Waals surface area contributed by atoms with E-state index in [1.807, 2.05) is 7.11 Å². The molecule has 0 amide bonds. The maximum atomic E-state index is 12.7. The Morgan fingerprint density at radius 1 is 0.870 bits per heavy atom. The van der Waals surface area contributed by atoms with Crippen molar-refractivity contribution < 1.29 is 23.7 Å². The van der Waals surface area contributed by atoms with Gasteiger partial charge >= 0.3 is 0 Å². The smallest absolute Gasteiger partial charge is 0.168 e. The fourth-order valence-electron chi connectivity index (χ4n) is 12.9. The number of ketones is 1. The number of carbonyl (C=O) groups excluding carboxylic acids is 1. The van der Waals surface area contributed by atoms with Gasteiger partial charge in [0, 0.05) is 89.9 Å². The van der Waals surface area contributed by atoms with Crippen LogP contribution in [-0.2, 0) is 52.4 Å². The molecule has 6 aliphatic heterocycles. The van der Waals surface area contributed by atoms with Crippen molar-refractivity contribution in [3.8, 4) is 5.75 Å². The monoisotopic (exact) mass is 732 g/mol. The van der Waals surface area contributed by atoms with Gasteiger partial charge in [-0.1, -0.05) is 18.2 Å². The fraction of sp³-hybridized carbons (Fsp3) is 0.578. The molecule has 0 aliphatic carbocycles. The number of nitrogens with zero attached hydrogens (tertiary/aromatic N) is 4. The average molecular weight is 733 g/mol. The number of allylic oxidation sites excluding steroid dienone is 1. The zero-order valence-electron chi connectivity index (χ0n) is 33.2. The van der Waals surface area contributed by atoms with E-state index < -0.39 is 5.79 Å². The first-order valence-electron chi connectivity index (χ1n) is 20.3. The molecular weight excluding hydrogens is 677 g/mol. The van der Waals surface area contributed by atoms with Gasteiger partial charge in [0.1, 0.15) is 5.75 Å². The number of para-hydroxylation sites is 1. The number of aromatic nitrogens is 2. The van der Waals surface area contributed by atoms with E-state index in [2.05, 4.69) is 97.4 Å². The minimum Gasteiger partial charge on any atom is -0.500 e. The SMILES string of the molecule is CCOC1(C)OCC2C(CC3c4c(c5ccccc5n4C)CC2N3C)C1Cc1cc2c3c(n(C)c2cc1OC)C1CC2C(C(C)=O)=COCC2C(C3)N1C. The second kappa shape index (κ2) is 12.4. The summed E-state index contributed by atoms with van der Waals surface area (Å²) in [6, 6.07) is 15.0. The van der Waals surface area contributed by atoms with Crippen molar-refractivity contribution in [2.75, 3.05) is 41.0 Å². The van der Waals surface area contributed by atoms with Crippen molar-refractivity contribution in [2.45, 2.75) is 82.8 Å². The van der Waals surface area contributed by atoms with Crippen LogP contribution in [0.4, 0.5) is 0 Å². The predicted octanol–water partition coefficient (Wildman–Crippen LogP) is 6.89. The molecule has 8 heterocycles. The molecule has 9 nitrogen and oxygen atoms in total. The van der Waals surface area contributed by atoms with E-state index in [9.17, 15) is 4.79 Å². The van der Waals surface area contributed by atoms with Gasteiger partial charge in [0.05, 0.1) is 44.2 Å². The molecule has 2 aromatic carbocycles. The van der Waals surface area contributed by atoms with Crippen molar-refractivity contribution >= 4 is 27.6 Å². The molecule has 10 rings (SSSR count). The van der Waals surface area contributed by atoms with Crippen molar-refractivity contribution in [1.82, 2.24) is 18.9 Å². The highest BCUT2D eigenvalue weighted by atomic mass is 16.7. The lowest BCUT2D eigenvalue weighted by Crippen LogP contribution is -2.62. The van der Waals surface area contributed by atoms with Gasteiger partial charge in [0.15, 0.2) is 11.6 Å². The van der Waals surface area contributed by atoms with Crippen molar-refractivity contribution in [3.05, 3.63) is 76.3 Å². The van der Waals surface area contributed by atoms with E-state index in [4.69, 9.17) is 18.9 Å². The minimum absolute atomic E-state index is 0.137. The Balaban J connectivity index is 1.05. The van der Waals surface area contributed by atoms with Gasteiger partial charge in [-0.25, -0.2) is 0 Å². The molecule has 4 bridgehead atoms. The molecule has 10 unspecified atom stereocenters. The summed E-state index contributed by atoms with van der Waals surface area (Å²) in [6.45, 7) is 7.97. The standard InChI is InChI=1S/C45H56N4O5/c1-9-53-45(3)35(28-17-41-43-30(18-38(47(41)5)34(28)23-54-45)26-12-10-11-13-36(26)48(43)6)15-25-14-29-31-19-37-33-22-52-21-32(24(2)50)27(33)16-40(46(37)4)44(31)49(7)39(29)20-42(25)51-8/h10-14,20-21,27-28,33-35,37-38,40-41H,9,15-19,22-23H2,1-8H3. The number of carbonyl (C=O) groups is 1. The van der Waals surface area contributed by atoms with E-state index in [1.54, 1.807) is 13.2 Å². The fourth-order valence-corrected chi connectivity index (χ4v) is 12.9. The maximum absolute atomic E-state index is 12.7. The molecule has 4 aromatic rings. The van der Waals surface area contributed by atoms with Crippen LogP contribution in [0.5, 0.6) is 5.75 Å². The van der Waals surface area contributed by atoms with Crippen molar-refractivity contribution in [2.24, 2.45) is 43.7 Å². The molecular formula is C45H56N4O5. The molecule has 9 heteroatoms. The highest BCUT2D eigenvalue weighted by Crippen LogP contribution is 2.56. The van der Waals surface area contributed by atoms with Crippen LogP contribution in [-0.4, -0.2) is 83.6 Å². The summed E-state index contributed by atoms with van der Waals surface area (Å²) < 4.78 is 30.7. The molecule has 10 atom stereocenters. The van der Waals surface area contributed by atoms with E-state index in [-0.39, 0.29) is 23.7 Å². The molecule has 286 valence electrons. The Kier molecular flexibility index (Phi) is 8.02. The highest BCUT2D eigenvalue weighted by molar-refractivity contribution is 5.94. The second-order valence-electron chi connectivity index (χ2n) is 17.6. The van der Waals surface area contributed by atoms with Crippen LogP contribution in [0.15, 0.2) is 48.2 Å². The number of benzene rings is 2. The number of piperidine rings is 2. The van der Waals surface area contributed by atoms with Gasteiger partial charge in [-0.15, -0.1) is 0 Å². The summed E-state index contributed by atoms with van der Waals surface area (Å²) in [6.07, 6.45) is 6.57. The van der Waals surface area contributed by atoms with Crippen LogP contribution >= 0.6 is 0 Å². The third-order valence-corrected chi connectivity index (χ3v) is 15.5. The number of ether oxygens (including phenoxy) is 4. The Hall–Kier alpha value is -3.63. The van der Waals surface area contributed by atoms with Gasteiger partial charge in [-0.05, 0) is 108 Å². The van der Waals surface area contributed by atoms with E-state index >= 15 is 0 Å². The third kappa shape index (κ3) is 4.74. The third-order valence-electron chi connectivity index (χ3n) is 15.5. The van der Waals surface area contributed by atoms with Gasteiger partial charge in [0.2, 0.25) is 0 Å². The Morgan fingerprint density at radius 3 is 2.28 bits per heavy atom. The predicted molar refractivity (Wildman–Crippen MR) is 209 cm³/mol. The summed E-state index contributed by atoms with van der Waals surface area (Å²) >= 11 is 0. The van der Waals surface area contributed by atoms with E-state index in [0.717, 1.165) is 43.4 Å². The lowest BCUT2D eigenvalue weighted by Gasteiger charge is -2.58. The highest BCUT2D eigenvalue weighted by Gasteiger charge is 2.57. The molecule has 3 fully saturated rings. The normalized spacial score (nSPS) is 34.4. The topological polar surface area (TPSA) is 70.3 Å². The van der Waals surface area contributed by atoms with E-state index in [0.29, 0.717) is 55.7 Å². The summed E-state index contributed by atoms with van der Waals surface area (Å²) in [7, 11) is 10.9. The average Bonchev–Trinajstić information content (AvgIpc) is 3.58. The quantitative estimate of drug-likeness (QED) is 0.214. The van der Waals surface area contributed by atoms with Crippen molar-refractivity contribution in [3.63, 3.8) is 0 Å². The molecule has 6 aliphatic rings. The number of hydrogen-bond acceptors (Lipinski definition) is 7.